The van der Waals surface area contributed by atoms with E-state index < -0.39 is 0 Å². The van der Waals surface area contributed by atoms with Gasteiger partial charge in [-0.05, 0) is 36.8 Å². The molecule has 0 N–H and O–H groups in total. The molecule has 6 heteroatoms. The van der Waals surface area contributed by atoms with Gasteiger partial charge in [-0.15, -0.1) is 0 Å². The highest BCUT2D eigenvalue weighted by molar-refractivity contribution is 5.95. The number of benzene rings is 2. The van der Waals surface area contributed by atoms with Crippen LogP contribution in [0.1, 0.15) is 22.8 Å². The zero-order valence-electron chi connectivity index (χ0n) is 16.8. The Morgan fingerprint density at radius 2 is 1.50 bits per heavy atom. The van der Waals surface area contributed by atoms with E-state index in [1.54, 1.807) is 32.4 Å². The zero-order valence-corrected chi connectivity index (χ0v) is 16.8. The number of amides is 1. The summed E-state index contributed by atoms with van der Waals surface area (Å²) in [7, 11) is 3.17. The molecular formula is C22H28N2O4. The van der Waals surface area contributed by atoms with E-state index in [0.717, 1.165) is 25.4 Å². The summed E-state index contributed by atoms with van der Waals surface area (Å²) in [5.41, 5.74) is 1.84. The summed E-state index contributed by atoms with van der Waals surface area (Å²) in [5.74, 6) is 2.15. The van der Waals surface area contributed by atoms with E-state index in [4.69, 9.17) is 14.2 Å². The number of carbonyl (C=O) groups excluding carboxylic acids is 1. The van der Waals surface area contributed by atoms with Gasteiger partial charge in [0.2, 0.25) is 0 Å². The number of hydrogen-bond donors (Lipinski definition) is 0. The van der Waals surface area contributed by atoms with E-state index in [1.807, 2.05) is 24.0 Å². The molecule has 3 rings (SSSR count). The predicted molar refractivity (Wildman–Crippen MR) is 108 cm³/mol. The highest BCUT2D eigenvalue weighted by Gasteiger charge is 2.23. The highest BCUT2D eigenvalue weighted by atomic mass is 16.5. The molecule has 1 saturated heterocycles. The summed E-state index contributed by atoms with van der Waals surface area (Å²) in [4.78, 5) is 17.1. The Hall–Kier alpha value is -2.73. The Labute approximate surface area is 166 Å². The fourth-order valence-corrected chi connectivity index (χ4v) is 3.34. The topological polar surface area (TPSA) is 51.2 Å². The second-order valence-corrected chi connectivity index (χ2v) is 6.75. The molecule has 0 atom stereocenters. The molecule has 0 spiro atoms. The maximum atomic E-state index is 12.9. The molecule has 0 bridgehead atoms. The molecule has 1 heterocycles. The molecule has 2 aromatic rings. The van der Waals surface area contributed by atoms with Crippen molar-refractivity contribution in [1.29, 1.82) is 0 Å². The molecule has 1 fully saturated rings. The van der Waals surface area contributed by atoms with Crippen LogP contribution >= 0.6 is 0 Å². The molecule has 0 unspecified atom stereocenters. The first kappa shape index (κ1) is 20.0. The molecule has 0 radical (unpaired) electrons. The fraction of sp³-hybridized carbons (Fsp3) is 0.409. The number of hydrogen-bond acceptors (Lipinski definition) is 5. The highest BCUT2D eigenvalue weighted by Crippen LogP contribution is 2.24. The van der Waals surface area contributed by atoms with Gasteiger partial charge >= 0.3 is 0 Å². The van der Waals surface area contributed by atoms with Crippen LogP contribution in [0.25, 0.3) is 0 Å². The maximum absolute atomic E-state index is 12.9. The van der Waals surface area contributed by atoms with Crippen molar-refractivity contribution < 1.29 is 19.0 Å². The number of carbonyl (C=O) groups is 1. The van der Waals surface area contributed by atoms with Crippen LogP contribution in [-0.4, -0.2) is 62.7 Å². The van der Waals surface area contributed by atoms with E-state index in [0.29, 0.717) is 36.8 Å². The number of piperazine rings is 1. The summed E-state index contributed by atoms with van der Waals surface area (Å²) < 4.78 is 16.0. The minimum atomic E-state index is 0.0120. The average Bonchev–Trinajstić information content (AvgIpc) is 2.75. The molecule has 0 saturated carbocycles. The van der Waals surface area contributed by atoms with Gasteiger partial charge in [-0.1, -0.05) is 12.1 Å². The summed E-state index contributed by atoms with van der Waals surface area (Å²) >= 11 is 0. The SMILES string of the molecule is CCOc1ccc(CN2CCN(C(=O)c3cc(OC)cc(OC)c3)CC2)cc1. The Kier molecular flexibility index (Phi) is 6.76. The van der Waals surface area contributed by atoms with Gasteiger partial charge in [0.15, 0.2) is 0 Å². The molecule has 0 aliphatic carbocycles. The van der Waals surface area contributed by atoms with Crippen LogP contribution in [0.5, 0.6) is 17.2 Å². The summed E-state index contributed by atoms with van der Waals surface area (Å²) in [5, 5.41) is 0. The average molecular weight is 384 g/mol. The first-order valence-corrected chi connectivity index (χ1v) is 9.59. The van der Waals surface area contributed by atoms with Crippen LogP contribution in [0.2, 0.25) is 0 Å². The van der Waals surface area contributed by atoms with Crippen LogP contribution in [0, 0.1) is 0 Å². The third kappa shape index (κ3) is 4.95. The smallest absolute Gasteiger partial charge is 0.254 e. The van der Waals surface area contributed by atoms with E-state index in [1.165, 1.54) is 5.56 Å². The van der Waals surface area contributed by atoms with Crippen molar-refractivity contribution in [2.45, 2.75) is 13.5 Å². The molecule has 2 aromatic carbocycles. The van der Waals surface area contributed by atoms with E-state index >= 15 is 0 Å². The lowest BCUT2D eigenvalue weighted by Crippen LogP contribution is -2.48. The first-order valence-electron chi connectivity index (χ1n) is 9.59. The van der Waals surface area contributed by atoms with Gasteiger partial charge in [0, 0.05) is 44.4 Å². The monoisotopic (exact) mass is 384 g/mol. The second kappa shape index (κ2) is 9.46. The second-order valence-electron chi connectivity index (χ2n) is 6.75. The van der Waals surface area contributed by atoms with Crippen molar-refractivity contribution in [3.8, 4) is 17.2 Å². The van der Waals surface area contributed by atoms with Crippen LogP contribution in [0.3, 0.4) is 0 Å². The van der Waals surface area contributed by atoms with Crippen LogP contribution < -0.4 is 14.2 Å². The van der Waals surface area contributed by atoms with E-state index in [9.17, 15) is 4.79 Å². The summed E-state index contributed by atoms with van der Waals surface area (Å²) in [6.45, 7) is 6.64. The summed E-state index contributed by atoms with van der Waals surface area (Å²) in [6.07, 6.45) is 0. The van der Waals surface area contributed by atoms with Crippen molar-refractivity contribution in [3.63, 3.8) is 0 Å². The van der Waals surface area contributed by atoms with Gasteiger partial charge in [0.25, 0.3) is 5.91 Å². The van der Waals surface area contributed by atoms with Crippen molar-refractivity contribution >= 4 is 5.91 Å². The van der Waals surface area contributed by atoms with E-state index in [-0.39, 0.29) is 5.91 Å². The van der Waals surface area contributed by atoms with Gasteiger partial charge < -0.3 is 19.1 Å². The third-order valence-corrected chi connectivity index (χ3v) is 4.90. The van der Waals surface area contributed by atoms with Crippen molar-refractivity contribution in [2.75, 3.05) is 47.0 Å². The Morgan fingerprint density at radius 3 is 2.04 bits per heavy atom. The molecule has 6 nitrogen and oxygen atoms in total. The van der Waals surface area contributed by atoms with Gasteiger partial charge in [-0.2, -0.15) is 0 Å². The van der Waals surface area contributed by atoms with Crippen molar-refractivity contribution in [3.05, 3.63) is 53.6 Å². The Morgan fingerprint density at radius 1 is 0.893 bits per heavy atom. The van der Waals surface area contributed by atoms with Crippen LogP contribution in [-0.2, 0) is 6.54 Å². The van der Waals surface area contributed by atoms with Crippen molar-refractivity contribution in [1.82, 2.24) is 9.80 Å². The lowest BCUT2D eigenvalue weighted by Gasteiger charge is -2.35. The van der Waals surface area contributed by atoms with Crippen LogP contribution in [0.15, 0.2) is 42.5 Å². The Bertz CT molecular complexity index is 761. The lowest BCUT2D eigenvalue weighted by molar-refractivity contribution is 0.0627. The largest absolute Gasteiger partial charge is 0.497 e. The summed E-state index contributed by atoms with van der Waals surface area (Å²) in [6, 6.07) is 13.5. The molecular weight excluding hydrogens is 356 g/mol. The lowest BCUT2D eigenvalue weighted by atomic mass is 10.1. The van der Waals surface area contributed by atoms with Gasteiger partial charge in [-0.3, -0.25) is 9.69 Å². The molecule has 28 heavy (non-hydrogen) atoms. The minimum Gasteiger partial charge on any atom is -0.497 e. The molecule has 150 valence electrons. The standard InChI is InChI=1S/C22H28N2O4/c1-4-28-19-7-5-17(6-8-19)16-23-9-11-24(12-10-23)22(25)18-13-20(26-2)15-21(14-18)27-3/h5-8,13-15H,4,9-12,16H2,1-3H3. The first-order chi connectivity index (χ1) is 13.6. The quantitative estimate of drug-likeness (QED) is 0.734. The zero-order chi connectivity index (χ0) is 19.9. The van der Waals surface area contributed by atoms with Crippen molar-refractivity contribution in [2.24, 2.45) is 0 Å². The third-order valence-electron chi connectivity index (χ3n) is 4.90. The van der Waals surface area contributed by atoms with Gasteiger partial charge in [0.05, 0.1) is 20.8 Å². The Balaban J connectivity index is 1.56. The fourth-order valence-electron chi connectivity index (χ4n) is 3.34. The molecule has 1 aliphatic heterocycles. The molecule has 1 amide bonds. The minimum absolute atomic E-state index is 0.0120. The normalized spacial score (nSPS) is 14.6. The number of rotatable bonds is 7. The van der Waals surface area contributed by atoms with Crippen LogP contribution in [0.4, 0.5) is 0 Å². The van der Waals surface area contributed by atoms with E-state index in [2.05, 4.69) is 17.0 Å². The number of nitrogens with zero attached hydrogens (tertiary/aromatic N) is 2. The molecule has 1 aliphatic rings. The predicted octanol–water partition coefficient (Wildman–Crippen LogP) is 3.06. The number of ether oxygens (including phenoxy) is 3. The molecule has 0 aromatic heterocycles. The van der Waals surface area contributed by atoms with Gasteiger partial charge in [0.1, 0.15) is 17.2 Å². The van der Waals surface area contributed by atoms with Gasteiger partial charge in [-0.25, -0.2) is 0 Å². The number of methoxy groups -OCH3 is 2. The maximum Gasteiger partial charge on any atom is 0.254 e.